The van der Waals surface area contributed by atoms with Crippen molar-refractivity contribution in [3.8, 4) is 0 Å². The zero-order chi connectivity index (χ0) is 21.8. The van der Waals surface area contributed by atoms with Crippen LogP contribution in [0.4, 0.5) is 13.2 Å². The first-order valence-electron chi connectivity index (χ1n) is 9.79. The zero-order valence-electron chi connectivity index (χ0n) is 17.1. The molecule has 2 heterocycles. The number of piperidine rings is 1. The minimum atomic E-state index is -5.08. The summed E-state index contributed by atoms with van der Waals surface area (Å²) in [6.07, 6.45) is -2.61. The van der Waals surface area contributed by atoms with Crippen molar-refractivity contribution >= 4 is 11.9 Å². The zero-order valence-corrected chi connectivity index (χ0v) is 17.1. The van der Waals surface area contributed by atoms with E-state index in [2.05, 4.69) is 41.0 Å². The lowest BCUT2D eigenvalue weighted by Gasteiger charge is -2.54. The van der Waals surface area contributed by atoms with Crippen molar-refractivity contribution in [1.29, 1.82) is 0 Å². The molecule has 0 aromatic heterocycles. The Bertz CT molecular complexity index is 718. The number of amides is 1. The van der Waals surface area contributed by atoms with Crippen LogP contribution < -0.4 is 0 Å². The molecule has 0 saturated carbocycles. The molecule has 0 radical (unpaired) electrons. The van der Waals surface area contributed by atoms with E-state index < -0.39 is 12.1 Å². The molecule has 2 saturated heterocycles. The molecule has 1 aromatic rings. The first kappa shape index (κ1) is 23.2. The number of aliphatic carboxylic acids is 1. The van der Waals surface area contributed by atoms with Gasteiger partial charge in [-0.25, -0.2) is 4.79 Å². The first-order valence-corrected chi connectivity index (χ1v) is 9.79. The molecular weight excluding hydrogens is 385 g/mol. The summed E-state index contributed by atoms with van der Waals surface area (Å²) in [6.45, 7) is 11.6. The fraction of sp³-hybridized carbons (Fsp3) is 0.619. The fourth-order valence-corrected chi connectivity index (χ4v) is 3.81. The Morgan fingerprint density at radius 1 is 1.14 bits per heavy atom. The quantitative estimate of drug-likeness (QED) is 0.819. The lowest BCUT2D eigenvalue weighted by molar-refractivity contribution is -0.192. The number of rotatable bonds is 3. The number of carboxylic acid groups (broad SMARTS) is 1. The number of hydrogen-bond acceptors (Lipinski definition) is 3. The third kappa shape index (κ3) is 6.19. The highest BCUT2D eigenvalue weighted by atomic mass is 19.4. The van der Waals surface area contributed by atoms with Crippen LogP contribution in [0.15, 0.2) is 24.3 Å². The Labute approximate surface area is 169 Å². The molecule has 8 heteroatoms. The van der Waals surface area contributed by atoms with E-state index in [1.54, 1.807) is 0 Å². The Kier molecular flexibility index (Phi) is 7.32. The highest BCUT2D eigenvalue weighted by Gasteiger charge is 2.46. The lowest BCUT2D eigenvalue weighted by Crippen LogP contribution is -2.62. The van der Waals surface area contributed by atoms with Gasteiger partial charge in [-0.3, -0.25) is 9.69 Å². The van der Waals surface area contributed by atoms with E-state index in [0.29, 0.717) is 11.3 Å². The topological polar surface area (TPSA) is 60.9 Å². The number of aryl methyl sites for hydroxylation is 1. The number of alkyl halides is 3. The van der Waals surface area contributed by atoms with E-state index in [-0.39, 0.29) is 5.92 Å². The van der Waals surface area contributed by atoms with Crippen molar-refractivity contribution in [2.24, 2.45) is 11.3 Å². The van der Waals surface area contributed by atoms with Gasteiger partial charge in [-0.15, -0.1) is 0 Å². The van der Waals surface area contributed by atoms with Crippen LogP contribution in [0.5, 0.6) is 0 Å². The third-order valence-corrected chi connectivity index (χ3v) is 5.67. The van der Waals surface area contributed by atoms with Crippen LogP contribution >= 0.6 is 0 Å². The van der Waals surface area contributed by atoms with Crippen LogP contribution in [0.1, 0.15) is 37.8 Å². The minimum Gasteiger partial charge on any atom is -0.475 e. The van der Waals surface area contributed by atoms with Crippen molar-refractivity contribution < 1.29 is 27.9 Å². The van der Waals surface area contributed by atoms with Crippen LogP contribution in [-0.4, -0.2) is 59.1 Å². The van der Waals surface area contributed by atoms with Gasteiger partial charge in [-0.1, -0.05) is 38.1 Å². The monoisotopic (exact) mass is 414 g/mol. The Morgan fingerprint density at radius 2 is 1.66 bits per heavy atom. The van der Waals surface area contributed by atoms with E-state index in [1.165, 1.54) is 24.0 Å². The van der Waals surface area contributed by atoms with Crippen LogP contribution in [0.25, 0.3) is 0 Å². The average Bonchev–Trinajstić information content (AvgIpc) is 2.61. The fourth-order valence-electron chi connectivity index (χ4n) is 3.81. The number of likely N-dealkylation sites (tertiary alicyclic amines) is 2. The average molecular weight is 414 g/mol. The number of carboxylic acids is 1. The molecule has 0 unspecified atom stereocenters. The molecule has 162 valence electrons. The van der Waals surface area contributed by atoms with E-state index >= 15 is 0 Å². The van der Waals surface area contributed by atoms with Gasteiger partial charge in [0.1, 0.15) is 0 Å². The maximum atomic E-state index is 12.0. The van der Waals surface area contributed by atoms with Crippen molar-refractivity contribution in [2.75, 3.05) is 26.2 Å². The van der Waals surface area contributed by atoms with Crippen LogP contribution in [0.3, 0.4) is 0 Å². The number of halogens is 3. The molecule has 0 atom stereocenters. The Morgan fingerprint density at radius 3 is 2.10 bits per heavy atom. The minimum absolute atomic E-state index is 0.137. The maximum Gasteiger partial charge on any atom is 0.490 e. The second-order valence-electron chi connectivity index (χ2n) is 8.35. The lowest BCUT2D eigenvalue weighted by atomic mass is 9.71. The van der Waals surface area contributed by atoms with Gasteiger partial charge in [0, 0.05) is 31.0 Å². The van der Waals surface area contributed by atoms with E-state index in [4.69, 9.17) is 9.90 Å². The second-order valence-corrected chi connectivity index (χ2v) is 8.35. The van der Waals surface area contributed by atoms with Crippen molar-refractivity contribution in [1.82, 2.24) is 9.80 Å². The molecule has 5 nitrogen and oxygen atoms in total. The van der Waals surface area contributed by atoms with Gasteiger partial charge in [0.05, 0.1) is 0 Å². The normalized spacial score (nSPS) is 18.8. The molecule has 1 N–H and O–H groups in total. The van der Waals surface area contributed by atoms with E-state index in [9.17, 15) is 18.0 Å². The predicted octanol–water partition coefficient (Wildman–Crippen LogP) is 3.71. The number of carbonyl (C=O) groups excluding carboxylic acids is 1. The predicted molar refractivity (Wildman–Crippen MR) is 103 cm³/mol. The van der Waals surface area contributed by atoms with Crippen molar-refractivity contribution in [2.45, 2.75) is 46.3 Å². The second kappa shape index (κ2) is 9.15. The van der Waals surface area contributed by atoms with Crippen LogP contribution in [0, 0.1) is 18.3 Å². The smallest absolute Gasteiger partial charge is 0.475 e. The summed E-state index contributed by atoms with van der Waals surface area (Å²) in [6, 6.07) is 8.68. The summed E-state index contributed by atoms with van der Waals surface area (Å²) in [5.41, 5.74) is 3.26. The van der Waals surface area contributed by atoms with E-state index in [1.807, 2.05) is 13.8 Å². The van der Waals surface area contributed by atoms with Gasteiger partial charge < -0.3 is 10.0 Å². The van der Waals surface area contributed by atoms with Gasteiger partial charge in [-0.2, -0.15) is 13.2 Å². The van der Waals surface area contributed by atoms with Crippen molar-refractivity contribution in [3.05, 3.63) is 35.4 Å². The van der Waals surface area contributed by atoms with Gasteiger partial charge >= 0.3 is 12.1 Å². The molecule has 2 aliphatic heterocycles. The third-order valence-electron chi connectivity index (χ3n) is 5.67. The maximum absolute atomic E-state index is 12.0. The van der Waals surface area contributed by atoms with Crippen molar-refractivity contribution in [3.63, 3.8) is 0 Å². The highest BCUT2D eigenvalue weighted by Crippen LogP contribution is 2.41. The Balaban J connectivity index is 0.000000370. The largest absolute Gasteiger partial charge is 0.490 e. The summed E-state index contributed by atoms with van der Waals surface area (Å²) < 4.78 is 31.7. The molecule has 29 heavy (non-hydrogen) atoms. The summed E-state index contributed by atoms with van der Waals surface area (Å²) in [5, 5.41) is 7.12. The highest BCUT2D eigenvalue weighted by molar-refractivity contribution is 5.79. The van der Waals surface area contributed by atoms with Crippen LogP contribution in [0.2, 0.25) is 0 Å². The molecule has 1 amide bonds. The van der Waals surface area contributed by atoms with Gasteiger partial charge in [0.15, 0.2) is 0 Å². The van der Waals surface area contributed by atoms with Crippen LogP contribution in [-0.2, 0) is 16.1 Å². The van der Waals surface area contributed by atoms with E-state index in [0.717, 1.165) is 32.7 Å². The SMILES string of the molecule is Cc1ccccc1CN1CCC2(CC1)CN(C(=O)C(C)C)C2.O=C(O)C(F)(F)F. The molecular formula is C21H29F3N2O3. The summed E-state index contributed by atoms with van der Waals surface area (Å²) in [4.78, 5) is 25.5. The standard InChI is InChI=1S/C19H28N2O.C2HF3O2/c1-15(2)18(22)21-13-19(14-21)8-10-20(11-9-19)12-17-7-5-4-6-16(17)3;3-2(4,5)1(6)7/h4-7,15H,8-14H2,1-3H3;(H,6,7). The molecule has 2 aliphatic rings. The molecule has 1 spiro atoms. The number of carbonyl (C=O) groups is 2. The number of hydrogen-bond donors (Lipinski definition) is 1. The number of benzene rings is 1. The van der Waals surface area contributed by atoms with Gasteiger partial charge in [-0.05, 0) is 44.0 Å². The van der Waals surface area contributed by atoms with Gasteiger partial charge in [0.25, 0.3) is 0 Å². The number of nitrogens with zero attached hydrogens (tertiary/aromatic N) is 2. The van der Waals surface area contributed by atoms with Gasteiger partial charge in [0.2, 0.25) is 5.91 Å². The summed E-state index contributed by atoms with van der Waals surface area (Å²) in [5.74, 6) is -2.29. The molecule has 3 rings (SSSR count). The molecule has 1 aromatic carbocycles. The summed E-state index contributed by atoms with van der Waals surface area (Å²) in [7, 11) is 0. The Hall–Kier alpha value is -2.09. The summed E-state index contributed by atoms with van der Waals surface area (Å²) >= 11 is 0. The molecule has 0 bridgehead atoms. The molecule has 2 fully saturated rings. The first-order chi connectivity index (χ1) is 13.4. The molecule has 0 aliphatic carbocycles.